The van der Waals surface area contributed by atoms with E-state index in [1.54, 1.807) is 24.8 Å². The van der Waals surface area contributed by atoms with Crippen molar-refractivity contribution in [1.82, 2.24) is 25.3 Å². The van der Waals surface area contributed by atoms with Crippen LogP contribution in [-0.2, 0) is 9.53 Å². The molecule has 1 aliphatic rings. The number of amides is 1. The first-order valence-electron chi connectivity index (χ1n) is 11.4. The number of hydrogen-bond acceptors (Lipinski definition) is 7. The first-order valence-corrected chi connectivity index (χ1v) is 11.4. The Bertz CT molecular complexity index is 1090. The number of ether oxygens (including phenoxy) is 2. The molecular formula is C24H34N6O3. The molecule has 0 bridgehead atoms. The van der Waals surface area contributed by atoms with Gasteiger partial charge in [0.15, 0.2) is 11.5 Å². The molecule has 0 radical (unpaired) electrons. The Morgan fingerprint density at radius 1 is 1.33 bits per heavy atom. The summed E-state index contributed by atoms with van der Waals surface area (Å²) >= 11 is 0. The molecule has 1 fully saturated rings. The molecular weight excluding hydrogens is 420 g/mol. The Labute approximate surface area is 196 Å². The number of nitrogens with zero attached hydrogens (tertiary/aromatic N) is 4. The predicted molar refractivity (Wildman–Crippen MR) is 131 cm³/mol. The molecule has 0 unspecified atom stereocenters. The van der Waals surface area contributed by atoms with Gasteiger partial charge in [-0.25, -0.2) is 15.0 Å². The van der Waals surface area contributed by atoms with Crippen molar-refractivity contribution in [2.24, 2.45) is 0 Å². The Morgan fingerprint density at radius 3 is 3.15 bits per heavy atom. The molecule has 3 heterocycles. The zero-order valence-corrected chi connectivity index (χ0v) is 18.9. The van der Waals surface area contributed by atoms with Gasteiger partial charge in [-0.1, -0.05) is 18.2 Å². The van der Waals surface area contributed by atoms with Crippen LogP contribution in [0.2, 0.25) is 0 Å². The third kappa shape index (κ3) is 5.87. The molecule has 4 rings (SSSR count). The minimum atomic E-state index is -0.129. The second kappa shape index (κ2) is 11.4. The molecule has 3 aromatic rings. The van der Waals surface area contributed by atoms with Gasteiger partial charge < -0.3 is 24.7 Å². The van der Waals surface area contributed by atoms with Crippen molar-refractivity contribution < 1.29 is 17.1 Å². The quantitative estimate of drug-likeness (QED) is 0.338. The minimum absolute atomic E-state index is 0. The molecule has 9 nitrogen and oxygen atoms in total. The highest BCUT2D eigenvalue weighted by molar-refractivity contribution is 5.92. The van der Waals surface area contributed by atoms with Crippen molar-refractivity contribution in [1.29, 1.82) is 0 Å². The molecule has 0 aliphatic carbocycles. The molecule has 1 amide bonds. The fourth-order valence-electron chi connectivity index (χ4n) is 3.95. The van der Waals surface area contributed by atoms with Crippen molar-refractivity contribution >= 4 is 29.0 Å². The molecule has 1 saturated heterocycles. The summed E-state index contributed by atoms with van der Waals surface area (Å²) in [5.41, 5.74) is 2.38. The van der Waals surface area contributed by atoms with E-state index in [4.69, 9.17) is 9.47 Å². The monoisotopic (exact) mass is 454 g/mol. The number of aromatic amines is 1. The summed E-state index contributed by atoms with van der Waals surface area (Å²) in [7, 11) is 0. The summed E-state index contributed by atoms with van der Waals surface area (Å²) in [4.78, 5) is 30.5. The van der Waals surface area contributed by atoms with Crippen molar-refractivity contribution in [3.05, 3.63) is 48.6 Å². The lowest BCUT2D eigenvalue weighted by atomic mass is 10.2. The lowest BCUT2D eigenvalue weighted by Crippen LogP contribution is -2.35. The van der Waals surface area contributed by atoms with Crippen LogP contribution in [0.15, 0.2) is 43.0 Å². The molecule has 2 N–H and O–H groups in total. The molecule has 1 aliphatic heterocycles. The van der Waals surface area contributed by atoms with Gasteiger partial charge in [-0.2, -0.15) is 0 Å². The van der Waals surface area contributed by atoms with Gasteiger partial charge in [0.05, 0.1) is 12.4 Å². The maximum atomic E-state index is 12.1. The summed E-state index contributed by atoms with van der Waals surface area (Å²) in [6.45, 7) is 5.31. The number of rotatable bonds is 11. The van der Waals surface area contributed by atoms with Crippen LogP contribution in [0.3, 0.4) is 0 Å². The second-order valence-corrected chi connectivity index (χ2v) is 7.81. The highest BCUT2D eigenvalue weighted by Crippen LogP contribution is 2.29. The van der Waals surface area contributed by atoms with E-state index in [9.17, 15) is 4.79 Å². The maximum Gasteiger partial charge on any atom is 0.244 e. The zero-order valence-electron chi connectivity index (χ0n) is 18.9. The standard InChI is InChI=1S/C24H30N6O3.2H2/c1-2-32-14-6-12-25-21(31)11-10-18-7-3-4-9-20(18)33-15-19-8-5-13-30(19)24-22-23(27-16-26-22)28-17-29-24;;/h3-4,7,9-11,16-17,19H,2,5-6,8,12-15H2,1H3,(H,25,31)(H,26,27,28,29);2*1H/b11-10+;;/t19-;;/m1../s1. The molecule has 178 valence electrons. The Hall–Kier alpha value is -3.46. The molecule has 2 aromatic heterocycles. The van der Waals surface area contributed by atoms with Gasteiger partial charge in [0.1, 0.15) is 24.2 Å². The van der Waals surface area contributed by atoms with Crippen LogP contribution in [0.25, 0.3) is 17.2 Å². The van der Waals surface area contributed by atoms with Gasteiger partial charge in [0, 0.05) is 40.8 Å². The number of benzene rings is 1. The van der Waals surface area contributed by atoms with Gasteiger partial charge in [0.25, 0.3) is 0 Å². The van der Waals surface area contributed by atoms with E-state index in [1.807, 2.05) is 31.2 Å². The number of aromatic nitrogens is 4. The first-order chi connectivity index (χ1) is 16.3. The number of carbonyl (C=O) groups is 1. The van der Waals surface area contributed by atoms with Crippen molar-refractivity contribution in [2.45, 2.75) is 32.2 Å². The van der Waals surface area contributed by atoms with E-state index >= 15 is 0 Å². The molecule has 1 aromatic carbocycles. The summed E-state index contributed by atoms with van der Waals surface area (Å²) in [5, 5.41) is 2.87. The van der Waals surface area contributed by atoms with Crippen LogP contribution < -0.4 is 15.0 Å². The van der Waals surface area contributed by atoms with E-state index < -0.39 is 0 Å². The van der Waals surface area contributed by atoms with Crippen LogP contribution >= 0.6 is 0 Å². The number of H-pyrrole nitrogens is 1. The second-order valence-electron chi connectivity index (χ2n) is 7.81. The molecule has 9 heteroatoms. The fraction of sp³-hybridized carbons (Fsp3) is 0.417. The van der Waals surface area contributed by atoms with E-state index in [0.717, 1.165) is 48.5 Å². The minimum Gasteiger partial charge on any atom is -0.491 e. The highest BCUT2D eigenvalue weighted by atomic mass is 16.5. The highest BCUT2D eigenvalue weighted by Gasteiger charge is 2.28. The third-order valence-corrected chi connectivity index (χ3v) is 5.59. The Balaban J connectivity index is 0.00000216. The lowest BCUT2D eigenvalue weighted by molar-refractivity contribution is -0.116. The SMILES string of the molecule is CCOCCCNC(=O)/C=C/c1ccccc1OC[C@H]1CCCN1c1ncnc2nc[nH]c12.[HH].[HH]. The van der Waals surface area contributed by atoms with Gasteiger partial charge >= 0.3 is 0 Å². The number of hydrogen-bond donors (Lipinski definition) is 2. The third-order valence-electron chi connectivity index (χ3n) is 5.59. The van der Waals surface area contributed by atoms with Gasteiger partial charge in [0.2, 0.25) is 5.91 Å². The predicted octanol–water partition coefficient (Wildman–Crippen LogP) is 3.45. The van der Waals surface area contributed by atoms with Crippen LogP contribution in [0, 0.1) is 0 Å². The van der Waals surface area contributed by atoms with Gasteiger partial charge in [-0.15, -0.1) is 0 Å². The van der Waals surface area contributed by atoms with E-state index in [-0.39, 0.29) is 14.8 Å². The topological polar surface area (TPSA) is 105 Å². The van der Waals surface area contributed by atoms with E-state index in [2.05, 4.69) is 30.2 Å². The average molecular weight is 455 g/mol. The summed E-state index contributed by atoms with van der Waals surface area (Å²) < 4.78 is 11.5. The van der Waals surface area contributed by atoms with Gasteiger partial charge in [-0.3, -0.25) is 4.79 Å². The van der Waals surface area contributed by atoms with Crippen LogP contribution in [0.1, 0.15) is 34.6 Å². The number of para-hydroxylation sites is 1. The smallest absolute Gasteiger partial charge is 0.244 e. The number of fused-ring (bicyclic) bond motifs is 1. The van der Waals surface area contributed by atoms with Crippen LogP contribution in [-0.4, -0.2) is 64.8 Å². The van der Waals surface area contributed by atoms with Crippen molar-refractivity contribution in [3.8, 4) is 5.75 Å². The van der Waals surface area contributed by atoms with E-state index in [0.29, 0.717) is 32.0 Å². The number of nitrogens with one attached hydrogen (secondary N) is 2. The molecule has 0 spiro atoms. The average Bonchev–Trinajstić information content (AvgIpc) is 3.51. The van der Waals surface area contributed by atoms with Crippen LogP contribution in [0.5, 0.6) is 5.75 Å². The number of anilines is 1. The molecule has 1 atom stereocenters. The van der Waals surface area contributed by atoms with Crippen molar-refractivity contribution in [3.63, 3.8) is 0 Å². The maximum absolute atomic E-state index is 12.1. The zero-order chi connectivity index (χ0) is 22.9. The van der Waals surface area contributed by atoms with Crippen LogP contribution in [0.4, 0.5) is 5.82 Å². The summed E-state index contributed by atoms with van der Waals surface area (Å²) in [6, 6.07) is 7.93. The fourth-order valence-corrected chi connectivity index (χ4v) is 3.95. The largest absolute Gasteiger partial charge is 0.491 e. The van der Waals surface area contributed by atoms with Crippen molar-refractivity contribution in [2.75, 3.05) is 37.8 Å². The Morgan fingerprint density at radius 2 is 2.24 bits per heavy atom. The molecule has 0 saturated carbocycles. The van der Waals surface area contributed by atoms with E-state index in [1.165, 1.54) is 0 Å². The number of imidazole rings is 1. The van der Waals surface area contributed by atoms with Gasteiger partial charge in [-0.05, 0) is 38.3 Å². The first kappa shape index (κ1) is 22.7. The summed E-state index contributed by atoms with van der Waals surface area (Å²) in [5.74, 6) is 1.48. The normalized spacial score (nSPS) is 16.0. The lowest BCUT2D eigenvalue weighted by Gasteiger charge is -2.26. The Kier molecular flexibility index (Phi) is 7.86. The molecule has 33 heavy (non-hydrogen) atoms. The number of carbonyl (C=O) groups excluding carboxylic acids is 1. The summed E-state index contributed by atoms with van der Waals surface area (Å²) in [6.07, 6.45) is 9.40.